The van der Waals surface area contributed by atoms with E-state index < -0.39 is 6.10 Å². The first-order valence-electron chi connectivity index (χ1n) is 10.8. The second kappa shape index (κ2) is 11.3. The van der Waals surface area contributed by atoms with E-state index in [1.165, 1.54) is 11.1 Å². The van der Waals surface area contributed by atoms with Gasteiger partial charge < -0.3 is 14.6 Å². The summed E-state index contributed by atoms with van der Waals surface area (Å²) in [5.74, 6) is 0.756. The van der Waals surface area contributed by atoms with Gasteiger partial charge in [-0.05, 0) is 48.6 Å². The maximum absolute atomic E-state index is 10.1. The third kappa shape index (κ3) is 6.81. The number of aliphatic hydroxyl groups excluding tert-OH is 1. The molecule has 0 bridgehead atoms. The van der Waals surface area contributed by atoms with E-state index in [1.807, 2.05) is 36.4 Å². The molecule has 0 radical (unpaired) electrons. The Morgan fingerprint density at radius 3 is 2.03 bits per heavy atom. The summed E-state index contributed by atoms with van der Waals surface area (Å²) in [6.07, 6.45) is 5.45. The first-order chi connectivity index (χ1) is 14.2. The maximum atomic E-state index is 10.1. The standard InChI is InChI=1S/C26H34O3/c1-3-24(27)20(2)16-23-14-15-25(28-18-21-10-6-4-7-11-21)26(17-23)29-19-22-12-8-5-9-13-22/h3-13,20,23-27H,1,14-19H2,2H3/t20-,23+,24+,25-,26-/m1/s1. The molecule has 5 atom stereocenters. The van der Waals surface area contributed by atoms with Crippen LogP contribution < -0.4 is 0 Å². The fourth-order valence-electron chi connectivity index (χ4n) is 4.22. The quantitative estimate of drug-likeness (QED) is 0.539. The summed E-state index contributed by atoms with van der Waals surface area (Å²) in [5, 5.41) is 10.1. The number of ether oxygens (including phenoxy) is 2. The van der Waals surface area contributed by atoms with E-state index in [0.717, 1.165) is 25.7 Å². The molecule has 3 heteroatoms. The predicted octanol–water partition coefficient (Wildman–Crippen LogP) is 5.53. The number of benzene rings is 2. The highest BCUT2D eigenvalue weighted by atomic mass is 16.5. The lowest BCUT2D eigenvalue weighted by Crippen LogP contribution is -2.38. The molecular weight excluding hydrogens is 360 g/mol. The third-order valence-electron chi connectivity index (χ3n) is 5.98. The number of hydrogen-bond donors (Lipinski definition) is 1. The molecule has 0 aromatic heterocycles. The summed E-state index contributed by atoms with van der Waals surface area (Å²) in [6.45, 7) is 7.05. The van der Waals surface area contributed by atoms with Crippen molar-refractivity contribution in [3.63, 3.8) is 0 Å². The van der Waals surface area contributed by atoms with Crippen LogP contribution in [-0.2, 0) is 22.7 Å². The van der Waals surface area contributed by atoms with Crippen molar-refractivity contribution in [2.24, 2.45) is 11.8 Å². The van der Waals surface area contributed by atoms with Gasteiger partial charge in [-0.15, -0.1) is 6.58 Å². The highest BCUT2D eigenvalue weighted by Crippen LogP contribution is 2.34. The molecule has 2 aromatic rings. The minimum Gasteiger partial charge on any atom is -0.389 e. The van der Waals surface area contributed by atoms with E-state index in [1.54, 1.807) is 6.08 Å². The second-order valence-electron chi connectivity index (χ2n) is 8.29. The summed E-state index contributed by atoms with van der Waals surface area (Å²) >= 11 is 0. The van der Waals surface area contributed by atoms with Gasteiger partial charge in [-0.1, -0.05) is 73.7 Å². The lowest BCUT2D eigenvalue weighted by Gasteiger charge is -2.37. The zero-order valence-corrected chi connectivity index (χ0v) is 17.5. The molecule has 0 heterocycles. The highest BCUT2D eigenvalue weighted by Gasteiger charge is 2.33. The topological polar surface area (TPSA) is 38.7 Å². The number of rotatable bonds is 10. The molecule has 0 amide bonds. The Kier molecular flexibility index (Phi) is 8.48. The van der Waals surface area contributed by atoms with Crippen molar-refractivity contribution in [1.29, 1.82) is 0 Å². The van der Waals surface area contributed by atoms with Gasteiger partial charge in [-0.3, -0.25) is 0 Å². The largest absolute Gasteiger partial charge is 0.389 e. The van der Waals surface area contributed by atoms with Crippen LogP contribution in [0.2, 0.25) is 0 Å². The van der Waals surface area contributed by atoms with Crippen molar-refractivity contribution in [3.05, 3.63) is 84.4 Å². The normalized spacial score (nSPS) is 24.0. The first kappa shape index (κ1) is 21.8. The molecule has 1 saturated carbocycles. The molecule has 0 unspecified atom stereocenters. The van der Waals surface area contributed by atoms with Crippen molar-refractivity contribution in [1.82, 2.24) is 0 Å². The molecule has 3 rings (SSSR count). The smallest absolute Gasteiger partial charge is 0.0844 e. The number of hydrogen-bond acceptors (Lipinski definition) is 3. The predicted molar refractivity (Wildman–Crippen MR) is 117 cm³/mol. The van der Waals surface area contributed by atoms with Gasteiger partial charge in [-0.25, -0.2) is 0 Å². The zero-order chi connectivity index (χ0) is 20.5. The second-order valence-corrected chi connectivity index (χ2v) is 8.29. The van der Waals surface area contributed by atoms with Crippen LogP contribution in [0.15, 0.2) is 73.3 Å². The lowest BCUT2D eigenvalue weighted by molar-refractivity contribution is -0.115. The highest BCUT2D eigenvalue weighted by molar-refractivity contribution is 5.14. The van der Waals surface area contributed by atoms with Crippen molar-refractivity contribution in [2.75, 3.05) is 0 Å². The van der Waals surface area contributed by atoms with Crippen LogP contribution in [0.1, 0.15) is 43.7 Å². The molecule has 3 nitrogen and oxygen atoms in total. The Morgan fingerprint density at radius 1 is 0.931 bits per heavy atom. The minimum absolute atomic E-state index is 0.0748. The average molecular weight is 395 g/mol. The summed E-state index contributed by atoms with van der Waals surface area (Å²) < 4.78 is 12.7. The lowest BCUT2D eigenvalue weighted by atomic mass is 9.79. The van der Waals surface area contributed by atoms with Gasteiger partial charge >= 0.3 is 0 Å². The molecule has 1 N–H and O–H groups in total. The van der Waals surface area contributed by atoms with E-state index in [-0.39, 0.29) is 18.1 Å². The molecule has 1 fully saturated rings. The minimum atomic E-state index is -0.439. The van der Waals surface area contributed by atoms with Gasteiger partial charge in [0.15, 0.2) is 0 Å². The Labute approximate surface area is 175 Å². The average Bonchev–Trinajstić information content (AvgIpc) is 2.77. The van der Waals surface area contributed by atoms with Crippen molar-refractivity contribution in [2.45, 2.75) is 64.1 Å². The van der Waals surface area contributed by atoms with Crippen LogP contribution in [0.3, 0.4) is 0 Å². The van der Waals surface area contributed by atoms with Gasteiger partial charge in [-0.2, -0.15) is 0 Å². The van der Waals surface area contributed by atoms with Crippen LogP contribution in [0.4, 0.5) is 0 Å². The SMILES string of the molecule is C=C[C@H](O)[C@H](C)C[C@@H]1CC[C@@H](OCc2ccccc2)[C@H](OCc2ccccc2)C1. The monoisotopic (exact) mass is 394 g/mol. The molecule has 1 aliphatic rings. The van der Waals surface area contributed by atoms with E-state index >= 15 is 0 Å². The Bertz CT molecular complexity index is 715. The molecular formula is C26H34O3. The van der Waals surface area contributed by atoms with Crippen molar-refractivity contribution < 1.29 is 14.6 Å². The first-order valence-corrected chi connectivity index (χ1v) is 10.8. The molecule has 0 saturated heterocycles. The van der Waals surface area contributed by atoms with Crippen molar-refractivity contribution >= 4 is 0 Å². The summed E-state index contributed by atoms with van der Waals surface area (Å²) in [7, 11) is 0. The van der Waals surface area contributed by atoms with Crippen LogP contribution in [0.5, 0.6) is 0 Å². The molecule has 29 heavy (non-hydrogen) atoms. The summed E-state index contributed by atoms with van der Waals surface area (Å²) in [5.41, 5.74) is 2.38. The molecule has 2 aromatic carbocycles. The van der Waals surface area contributed by atoms with E-state index in [9.17, 15) is 5.11 Å². The number of aliphatic hydroxyl groups is 1. The Morgan fingerprint density at radius 2 is 1.48 bits per heavy atom. The van der Waals surface area contributed by atoms with E-state index in [4.69, 9.17) is 9.47 Å². The van der Waals surface area contributed by atoms with Crippen LogP contribution >= 0.6 is 0 Å². The molecule has 156 valence electrons. The van der Waals surface area contributed by atoms with Gasteiger partial charge in [0.25, 0.3) is 0 Å². The van der Waals surface area contributed by atoms with Crippen LogP contribution in [-0.4, -0.2) is 23.4 Å². The van der Waals surface area contributed by atoms with Crippen LogP contribution in [0, 0.1) is 11.8 Å². The van der Waals surface area contributed by atoms with Gasteiger partial charge in [0, 0.05) is 0 Å². The van der Waals surface area contributed by atoms with Crippen LogP contribution in [0.25, 0.3) is 0 Å². The van der Waals surface area contributed by atoms with E-state index in [0.29, 0.717) is 19.1 Å². The van der Waals surface area contributed by atoms with Crippen molar-refractivity contribution in [3.8, 4) is 0 Å². The Balaban J connectivity index is 1.60. The molecule has 1 aliphatic carbocycles. The van der Waals surface area contributed by atoms with Gasteiger partial charge in [0.1, 0.15) is 0 Å². The van der Waals surface area contributed by atoms with Gasteiger partial charge in [0.2, 0.25) is 0 Å². The zero-order valence-electron chi connectivity index (χ0n) is 17.5. The summed E-state index contributed by atoms with van der Waals surface area (Å²) in [6, 6.07) is 20.6. The third-order valence-corrected chi connectivity index (χ3v) is 5.98. The fraction of sp³-hybridized carbons (Fsp3) is 0.462. The fourth-order valence-corrected chi connectivity index (χ4v) is 4.22. The molecule has 0 spiro atoms. The summed E-state index contributed by atoms with van der Waals surface area (Å²) in [4.78, 5) is 0. The maximum Gasteiger partial charge on any atom is 0.0844 e. The Hall–Kier alpha value is -1.94. The van der Waals surface area contributed by atoms with E-state index in [2.05, 4.69) is 37.8 Å². The van der Waals surface area contributed by atoms with Gasteiger partial charge in [0.05, 0.1) is 31.5 Å². The molecule has 0 aliphatic heterocycles.